The van der Waals surface area contributed by atoms with Crippen LogP contribution in [0.15, 0.2) is 48.5 Å². The van der Waals surface area contributed by atoms with Gasteiger partial charge in [-0.25, -0.2) is 9.59 Å². The molecule has 3 N–H and O–H groups in total. The summed E-state index contributed by atoms with van der Waals surface area (Å²) in [4.78, 5) is 37.2. The fourth-order valence-electron chi connectivity index (χ4n) is 4.85. The predicted octanol–water partition coefficient (Wildman–Crippen LogP) is 3.69. The molecule has 0 radical (unpaired) electrons. The zero-order valence-corrected chi connectivity index (χ0v) is 20.0. The number of carboxylic acid groups (broad SMARTS) is 1. The monoisotopic (exact) mass is 480 g/mol. The van der Waals surface area contributed by atoms with Crippen molar-refractivity contribution in [3.8, 4) is 11.1 Å². The zero-order valence-electron chi connectivity index (χ0n) is 20.0. The molecule has 2 aromatic rings. The van der Waals surface area contributed by atoms with E-state index in [2.05, 4.69) is 22.8 Å². The summed E-state index contributed by atoms with van der Waals surface area (Å²) in [5, 5.41) is 14.8. The highest BCUT2D eigenvalue weighted by molar-refractivity contribution is 5.87. The highest BCUT2D eigenvalue weighted by atomic mass is 16.5. The average molecular weight is 481 g/mol. The van der Waals surface area contributed by atoms with E-state index in [1.54, 1.807) is 0 Å². The number of benzene rings is 2. The first kappa shape index (κ1) is 24.7. The van der Waals surface area contributed by atoms with E-state index < -0.39 is 36.2 Å². The minimum atomic E-state index is -1.12. The van der Waals surface area contributed by atoms with E-state index in [4.69, 9.17) is 9.47 Å². The minimum absolute atomic E-state index is 0.0815. The van der Waals surface area contributed by atoms with Crippen LogP contribution in [0.1, 0.15) is 50.2 Å². The van der Waals surface area contributed by atoms with Crippen LogP contribution in [0.5, 0.6) is 0 Å². The largest absolute Gasteiger partial charge is 0.479 e. The minimum Gasteiger partial charge on any atom is -0.479 e. The molecule has 35 heavy (non-hydrogen) atoms. The van der Waals surface area contributed by atoms with Crippen molar-refractivity contribution in [3.05, 3.63) is 59.7 Å². The van der Waals surface area contributed by atoms with Crippen molar-refractivity contribution in [2.24, 2.45) is 5.92 Å². The van der Waals surface area contributed by atoms with Gasteiger partial charge in [-0.3, -0.25) is 4.79 Å². The van der Waals surface area contributed by atoms with Gasteiger partial charge < -0.3 is 25.2 Å². The van der Waals surface area contributed by atoms with E-state index >= 15 is 0 Å². The van der Waals surface area contributed by atoms with E-state index in [-0.39, 0.29) is 25.0 Å². The van der Waals surface area contributed by atoms with Crippen LogP contribution in [-0.4, -0.2) is 54.5 Å². The number of fused-ring (bicyclic) bond motifs is 3. The number of rotatable bonds is 9. The van der Waals surface area contributed by atoms with Crippen LogP contribution in [0, 0.1) is 5.92 Å². The lowest BCUT2D eigenvalue weighted by Crippen LogP contribution is -2.53. The van der Waals surface area contributed by atoms with Gasteiger partial charge in [0, 0.05) is 12.5 Å². The molecular weight excluding hydrogens is 448 g/mol. The van der Waals surface area contributed by atoms with Crippen molar-refractivity contribution in [3.63, 3.8) is 0 Å². The summed E-state index contributed by atoms with van der Waals surface area (Å²) in [7, 11) is 0. The molecule has 1 fully saturated rings. The molecule has 8 nitrogen and oxygen atoms in total. The number of nitrogens with one attached hydrogen (secondary N) is 2. The van der Waals surface area contributed by atoms with Crippen molar-refractivity contribution in [2.45, 2.75) is 57.2 Å². The summed E-state index contributed by atoms with van der Waals surface area (Å²) >= 11 is 0. The van der Waals surface area contributed by atoms with Crippen molar-refractivity contribution in [1.82, 2.24) is 10.6 Å². The quantitative estimate of drug-likeness (QED) is 0.504. The number of alkyl carbamates (subject to hydrolysis) is 1. The molecule has 0 aromatic heterocycles. The number of amides is 2. The lowest BCUT2D eigenvalue weighted by atomic mass is 9.98. The van der Waals surface area contributed by atoms with Gasteiger partial charge in [-0.1, -0.05) is 68.8 Å². The molecule has 2 aromatic carbocycles. The smallest absolute Gasteiger partial charge is 0.407 e. The Bertz CT molecular complexity index is 1040. The van der Waals surface area contributed by atoms with E-state index in [9.17, 15) is 19.5 Å². The van der Waals surface area contributed by atoms with E-state index in [1.165, 1.54) is 0 Å². The van der Waals surface area contributed by atoms with Gasteiger partial charge in [-0.2, -0.15) is 0 Å². The normalized spacial score (nSPS) is 20.4. The third kappa shape index (κ3) is 5.48. The molecule has 0 saturated carbocycles. The third-order valence-corrected chi connectivity index (χ3v) is 6.95. The fraction of sp³-hybridized carbons (Fsp3) is 0.444. The van der Waals surface area contributed by atoms with Crippen LogP contribution in [0.3, 0.4) is 0 Å². The predicted molar refractivity (Wildman–Crippen MR) is 130 cm³/mol. The van der Waals surface area contributed by atoms with Gasteiger partial charge in [0.05, 0.1) is 6.04 Å². The summed E-state index contributed by atoms with van der Waals surface area (Å²) in [6.07, 6.45) is -0.104. The van der Waals surface area contributed by atoms with E-state index in [0.29, 0.717) is 12.8 Å². The molecule has 4 atom stereocenters. The third-order valence-electron chi connectivity index (χ3n) is 6.95. The molecule has 0 spiro atoms. The second-order valence-electron chi connectivity index (χ2n) is 9.30. The van der Waals surface area contributed by atoms with Gasteiger partial charge >= 0.3 is 12.1 Å². The van der Waals surface area contributed by atoms with Crippen LogP contribution >= 0.6 is 0 Å². The van der Waals surface area contributed by atoms with Crippen molar-refractivity contribution in [2.75, 3.05) is 13.2 Å². The molecule has 2 aliphatic rings. The number of carbonyl (C=O) groups excluding carboxylic acids is 2. The maximum absolute atomic E-state index is 13.0. The summed E-state index contributed by atoms with van der Waals surface area (Å²) in [5.74, 6) is -1.45. The van der Waals surface area contributed by atoms with E-state index in [1.807, 2.05) is 50.2 Å². The molecular formula is C27H32N2O6. The number of hydrogen-bond acceptors (Lipinski definition) is 5. The number of aliphatic carboxylic acids is 1. The van der Waals surface area contributed by atoms with Crippen LogP contribution in [0.4, 0.5) is 4.79 Å². The Kier molecular flexibility index (Phi) is 7.70. The standard InChI is InChI=1S/C27H32N2O6/c1-3-16(2)14-23(25(30)28-22-12-13-34-24(22)26(31)32)29-27(33)35-15-21-19-10-6-4-8-17(19)18-9-5-7-11-20(18)21/h4-11,16,21-24H,3,12-15H2,1-2H3,(H,28,30)(H,29,33)(H,31,32)/t16?,22-,23?,24+/m0/s1. The molecule has 1 aliphatic carbocycles. The number of carboxylic acids is 1. The SMILES string of the molecule is CCC(C)CC(NC(=O)OCC1c2ccccc2-c2ccccc21)C(=O)N[C@H]1CCO[C@H]1C(=O)O. The molecule has 1 heterocycles. The Morgan fingerprint density at radius 3 is 2.31 bits per heavy atom. The molecule has 186 valence electrons. The Morgan fingerprint density at radius 1 is 1.09 bits per heavy atom. The fourth-order valence-corrected chi connectivity index (χ4v) is 4.85. The molecule has 4 rings (SSSR count). The average Bonchev–Trinajstić information content (AvgIpc) is 3.45. The molecule has 2 amide bonds. The maximum atomic E-state index is 13.0. The summed E-state index contributed by atoms with van der Waals surface area (Å²) in [6, 6.07) is 14.7. The van der Waals surface area contributed by atoms with Crippen molar-refractivity contribution in [1.29, 1.82) is 0 Å². The van der Waals surface area contributed by atoms with E-state index in [0.717, 1.165) is 28.7 Å². The summed E-state index contributed by atoms with van der Waals surface area (Å²) in [5.41, 5.74) is 4.49. The Balaban J connectivity index is 1.41. The molecule has 0 bridgehead atoms. The first-order chi connectivity index (χ1) is 16.9. The van der Waals surface area contributed by atoms with Crippen molar-refractivity contribution < 1.29 is 29.0 Å². The first-order valence-corrected chi connectivity index (χ1v) is 12.1. The molecule has 1 saturated heterocycles. The van der Waals surface area contributed by atoms with Gasteiger partial charge in [-0.15, -0.1) is 0 Å². The second-order valence-corrected chi connectivity index (χ2v) is 9.30. The van der Waals surface area contributed by atoms with Gasteiger partial charge in [0.2, 0.25) is 5.91 Å². The Morgan fingerprint density at radius 2 is 1.71 bits per heavy atom. The van der Waals surface area contributed by atoms with Crippen molar-refractivity contribution >= 4 is 18.0 Å². The lowest BCUT2D eigenvalue weighted by molar-refractivity contribution is -0.148. The van der Waals surface area contributed by atoms with Gasteiger partial charge in [0.25, 0.3) is 0 Å². The molecule has 1 aliphatic heterocycles. The highest BCUT2D eigenvalue weighted by Crippen LogP contribution is 2.44. The van der Waals surface area contributed by atoms with Crippen LogP contribution in [0.25, 0.3) is 11.1 Å². The van der Waals surface area contributed by atoms with Crippen LogP contribution in [-0.2, 0) is 19.1 Å². The number of ether oxygens (including phenoxy) is 2. The molecule has 8 heteroatoms. The highest BCUT2D eigenvalue weighted by Gasteiger charge is 2.37. The van der Waals surface area contributed by atoms with Crippen LogP contribution < -0.4 is 10.6 Å². The topological polar surface area (TPSA) is 114 Å². The Labute approximate surface area is 205 Å². The van der Waals surface area contributed by atoms with Gasteiger partial charge in [-0.05, 0) is 41.0 Å². The summed E-state index contributed by atoms with van der Waals surface area (Å²) < 4.78 is 10.8. The lowest BCUT2D eigenvalue weighted by Gasteiger charge is -2.24. The maximum Gasteiger partial charge on any atom is 0.407 e. The number of carbonyl (C=O) groups is 3. The summed E-state index contributed by atoms with van der Waals surface area (Å²) in [6.45, 7) is 4.42. The van der Waals surface area contributed by atoms with Crippen LogP contribution in [0.2, 0.25) is 0 Å². The molecule has 2 unspecified atom stereocenters. The zero-order chi connectivity index (χ0) is 24.9. The van der Waals surface area contributed by atoms with Gasteiger partial charge in [0.15, 0.2) is 6.10 Å². The first-order valence-electron chi connectivity index (χ1n) is 12.1. The van der Waals surface area contributed by atoms with Gasteiger partial charge in [0.1, 0.15) is 12.6 Å². The second kappa shape index (κ2) is 10.9. The Hall–Kier alpha value is -3.39. The number of hydrogen-bond donors (Lipinski definition) is 3.